The maximum Gasteiger partial charge on any atom is 0.251 e. The maximum absolute atomic E-state index is 12.7. The summed E-state index contributed by atoms with van der Waals surface area (Å²) in [5.41, 5.74) is 3.26. The van der Waals surface area contributed by atoms with E-state index in [0.29, 0.717) is 17.9 Å². The Hall–Kier alpha value is -3.93. The van der Waals surface area contributed by atoms with Crippen LogP contribution in [-0.4, -0.2) is 21.4 Å². The Morgan fingerprint density at radius 1 is 0.903 bits per heavy atom. The van der Waals surface area contributed by atoms with Gasteiger partial charge >= 0.3 is 0 Å². The third-order valence-electron chi connectivity index (χ3n) is 5.09. The summed E-state index contributed by atoms with van der Waals surface area (Å²) >= 11 is 0. The van der Waals surface area contributed by atoms with Crippen molar-refractivity contribution in [3.63, 3.8) is 0 Å². The van der Waals surface area contributed by atoms with E-state index in [1.54, 1.807) is 12.1 Å². The molecule has 0 saturated heterocycles. The first-order chi connectivity index (χ1) is 15.1. The molecule has 1 heterocycles. The number of aromatic nitrogens is 2. The van der Waals surface area contributed by atoms with Crippen molar-refractivity contribution < 1.29 is 9.59 Å². The molecule has 4 rings (SSSR count). The number of amides is 2. The van der Waals surface area contributed by atoms with E-state index in [4.69, 9.17) is 4.98 Å². The molecule has 31 heavy (non-hydrogen) atoms. The van der Waals surface area contributed by atoms with E-state index in [0.717, 1.165) is 16.6 Å². The summed E-state index contributed by atoms with van der Waals surface area (Å²) in [4.78, 5) is 30.0. The van der Waals surface area contributed by atoms with Gasteiger partial charge in [0.25, 0.3) is 5.91 Å². The lowest BCUT2D eigenvalue weighted by atomic mass is 10.2. The van der Waals surface area contributed by atoms with Crippen LogP contribution in [-0.2, 0) is 17.9 Å². The minimum absolute atomic E-state index is 0.116. The quantitative estimate of drug-likeness (QED) is 0.484. The Balaban J connectivity index is 1.54. The Labute approximate surface area is 180 Å². The van der Waals surface area contributed by atoms with Crippen molar-refractivity contribution in [3.05, 3.63) is 102 Å². The van der Waals surface area contributed by atoms with Crippen LogP contribution in [0.5, 0.6) is 0 Å². The normalized spacial score (nSPS) is 11.8. The molecule has 1 unspecified atom stereocenters. The SMILES string of the molecule is CC(NC(=O)c1ccccc1)c1nc2ccccc2n1CC(=O)NCc1ccccc1. The van der Waals surface area contributed by atoms with Crippen LogP contribution in [0.4, 0.5) is 0 Å². The van der Waals surface area contributed by atoms with Crippen molar-refractivity contribution in [2.24, 2.45) is 0 Å². The van der Waals surface area contributed by atoms with Crippen LogP contribution in [0, 0.1) is 0 Å². The van der Waals surface area contributed by atoms with Gasteiger partial charge < -0.3 is 15.2 Å². The van der Waals surface area contributed by atoms with Crippen molar-refractivity contribution in [3.8, 4) is 0 Å². The molecule has 6 nitrogen and oxygen atoms in total. The Morgan fingerprint density at radius 3 is 2.29 bits per heavy atom. The molecule has 0 aliphatic rings. The molecule has 1 aromatic heterocycles. The van der Waals surface area contributed by atoms with E-state index in [2.05, 4.69) is 10.6 Å². The van der Waals surface area contributed by atoms with Gasteiger partial charge in [0.1, 0.15) is 12.4 Å². The lowest BCUT2D eigenvalue weighted by molar-refractivity contribution is -0.121. The van der Waals surface area contributed by atoms with Gasteiger partial charge in [0.05, 0.1) is 17.1 Å². The lowest BCUT2D eigenvalue weighted by Crippen LogP contribution is -2.31. The van der Waals surface area contributed by atoms with Crippen LogP contribution in [0.3, 0.4) is 0 Å². The van der Waals surface area contributed by atoms with E-state index >= 15 is 0 Å². The molecule has 0 fully saturated rings. The van der Waals surface area contributed by atoms with Gasteiger partial charge in [-0.3, -0.25) is 9.59 Å². The van der Waals surface area contributed by atoms with Crippen molar-refractivity contribution in [1.82, 2.24) is 20.2 Å². The van der Waals surface area contributed by atoms with Crippen molar-refractivity contribution in [1.29, 1.82) is 0 Å². The second-order valence-electron chi connectivity index (χ2n) is 7.37. The molecule has 0 bridgehead atoms. The number of fused-ring (bicyclic) bond motifs is 1. The maximum atomic E-state index is 12.7. The highest BCUT2D eigenvalue weighted by atomic mass is 16.2. The molecule has 4 aromatic rings. The number of hydrogen-bond acceptors (Lipinski definition) is 3. The average Bonchev–Trinajstić information content (AvgIpc) is 3.17. The first kappa shape index (κ1) is 20.3. The summed E-state index contributed by atoms with van der Waals surface area (Å²) in [5.74, 6) is 0.343. The summed E-state index contributed by atoms with van der Waals surface area (Å²) < 4.78 is 1.87. The molecule has 3 aromatic carbocycles. The average molecular weight is 412 g/mol. The fourth-order valence-corrected chi connectivity index (χ4v) is 3.52. The second kappa shape index (κ2) is 9.26. The van der Waals surface area contributed by atoms with E-state index in [9.17, 15) is 9.59 Å². The molecule has 2 amide bonds. The second-order valence-corrected chi connectivity index (χ2v) is 7.37. The number of hydrogen-bond donors (Lipinski definition) is 2. The predicted octanol–water partition coefficient (Wildman–Crippen LogP) is 3.84. The van der Waals surface area contributed by atoms with Crippen LogP contribution in [0.25, 0.3) is 11.0 Å². The van der Waals surface area contributed by atoms with Gasteiger partial charge in [-0.25, -0.2) is 4.98 Å². The molecule has 0 spiro atoms. The molecule has 0 aliphatic heterocycles. The summed E-state index contributed by atoms with van der Waals surface area (Å²) in [5, 5.41) is 5.95. The van der Waals surface area contributed by atoms with Gasteiger partial charge in [0.15, 0.2) is 0 Å². The molecule has 0 radical (unpaired) electrons. The van der Waals surface area contributed by atoms with Gasteiger partial charge in [-0.15, -0.1) is 0 Å². The third-order valence-corrected chi connectivity index (χ3v) is 5.09. The van der Waals surface area contributed by atoms with E-state index < -0.39 is 0 Å². The summed E-state index contributed by atoms with van der Waals surface area (Å²) in [6, 6.07) is 26.1. The van der Waals surface area contributed by atoms with Gasteiger partial charge in [-0.2, -0.15) is 0 Å². The Bertz CT molecular complexity index is 1190. The fourth-order valence-electron chi connectivity index (χ4n) is 3.52. The zero-order valence-electron chi connectivity index (χ0n) is 17.3. The Kier molecular flexibility index (Phi) is 6.08. The molecule has 1 atom stereocenters. The summed E-state index contributed by atoms with van der Waals surface area (Å²) in [6.07, 6.45) is 0. The van der Waals surface area contributed by atoms with Crippen molar-refractivity contribution >= 4 is 22.8 Å². The van der Waals surface area contributed by atoms with Gasteiger partial charge in [-0.05, 0) is 36.8 Å². The number of rotatable bonds is 7. The van der Waals surface area contributed by atoms with E-state index in [-0.39, 0.29) is 24.4 Å². The minimum atomic E-state index is -0.373. The molecule has 156 valence electrons. The standard InChI is InChI=1S/C25H24N4O2/c1-18(27-25(31)20-12-6-3-7-13-20)24-28-21-14-8-9-15-22(21)29(24)17-23(30)26-16-19-10-4-2-5-11-19/h2-15,18H,16-17H2,1H3,(H,26,30)(H,27,31). The number of nitrogens with zero attached hydrogens (tertiary/aromatic N) is 2. The molecule has 0 aliphatic carbocycles. The highest BCUT2D eigenvalue weighted by Gasteiger charge is 2.20. The molecule has 6 heteroatoms. The van der Waals surface area contributed by atoms with E-state index in [1.807, 2.05) is 84.3 Å². The number of para-hydroxylation sites is 2. The van der Waals surface area contributed by atoms with Crippen LogP contribution in [0.15, 0.2) is 84.9 Å². The first-order valence-corrected chi connectivity index (χ1v) is 10.2. The van der Waals surface area contributed by atoms with Crippen LogP contribution >= 0.6 is 0 Å². The first-order valence-electron chi connectivity index (χ1n) is 10.2. The van der Waals surface area contributed by atoms with Crippen LogP contribution in [0.1, 0.15) is 34.7 Å². The van der Waals surface area contributed by atoms with Gasteiger partial charge in [-0.1, -0.05) is 60.7 Å². The van der Waals surface area contributed by atoms with E-state index in [1.165, 1.54) is 0 Å². The number of carbonyl (C=O) groups is 2. The number of imidazole rings is 1. The van der Waals surface area contributed by atoms with Crippen molar-refractivity contribution in [2.45, 2.75) is 26.1 Å². The third kappa shape index (κ3) is 4.80. The van der Waals surface area contributed by atoms with Crippen LogP contribution < -0.4 is 10.6 Å². The Morgan fingerprint density at radius 2 is 1.55 bits per heavy atom. The smallest absolute Gasteiger partial charge is 0.251 e. The summed E-state index contributed by atoms with van der Waals surface area (Å²) in [6.45, 7) is 2.45. The highest BCUT2D eigenvalue weighted by molar-refractivity contribution is 5.94. The van der Waals surface area contributed by atoms with Gasteiger partial charge in [0, 0.05) is 12.1 Å². The fraction of sp³-hybridized carbons (Fsp3) is 0.160. The zero-order chi connectivity index (χ0) is 21.6. The molecular weight excluding hydrogens is 388 g/mol. The summed E-state index contributed by atoms with van der Waals surface area (Å²) in [7, 11) is 0. The van der Waals surface area contributed by atoms with Crippen LogP contribution in [0.2, 0.25) is 0 Å². The van der Waals surface area contributed by atoms with Gasteiger partial charge in [0.2, 0.25) is 5.91 Å². The lowest BCUT2D eigenvalue weighted by Gasteiger charge is -2.16. The highest BCUT2D eigenvalue weighted by Crippen LogP contribution is 2.21. The molecule has 0 saturated carbocycles. The number of benzene rings is 3. The van der Waals surface area contributed by atoms with Crippen molar-refractivity contribution in [2.75, 3.05) is 0 Å². The number of carbonyl (C=O) groups excluding carboxylic acids is 2. The monoisotopic (exact) mass is 412 g/mol. The largest absolute Gasteiger partial charge is 0.350 e. The zero-order valence-corrected chi connectivity index (χ0v) is 17.3. The molecule has 2 N–H and O–H groups in total. The molecular formula is C25H24N4O2. The minimum Gasteiger partial charge on any atom is -0.350 e. The number of nitrogens with one attached hydrogen (secondary N) is 2. The topological polar surface area (TPSA) is 76.0 Å². The predicted molar refractivity (Wildman–Crippen MR) is 120 cm³/mol.